The summed E-state index contributed by atoms with van der Waals surface area (Å²) in [6.45, 7) is 20.3. The summed E-state index contributed by atoms with van der Waals surface area (Å²) in [5, 5.41) is 17.6. The van der Waals surface area contributed by atoms with Crippen LogP contribution in [0, 0.1) is 11.8 Å². The van der Waals surface area contributed by atoms with E-state index in [4.69, 9.17) is 9.47 Å². The second-order valence-electron chi connectivity index (χ2n) is 14.8. The number of alkyl carbamates (subject to hydrolysis) is 1. The molecule has 0 bridgehead atoms. The van der Waals surface area contributed by atoms with Gasteiger partial charge in [0.25, 0.3) is 0 Å². The standard InChI is InChI=1S/C37H65N5O7S/c1-10-13-14-16-21-42(29(25(4)5)23-30(48-12-3)33-39-27(24-50-33)35(45)46)34(44)31(26(6)11-2)40-32(43)28-18-15-17-20-41(28)22-19-38-36(47)49-37(7,8)9/h24-26,28-31H,10-23H2,1-9H3,(H,38,47)(H,40,43)(H,45,46)/t26-,28+,29+,30+,31-/m0/s1. The van der Waals surface area contributed by atoms with Gasteiger partial charge in [0.15, 0.2) is 5.69 Å². The molecule has 0 aromatic carbocycles. The molecule has 0 unspecified atom stereocenters. The van der Waals surface area contributed by atoms with E-state index in [2.05, 4.69) is 41.3 Å². The highest BCUT2D eigenvalue weighted by atomic mass is 32.1. The van der Waals surface area contributed by atoms with Crippen LogP contribution >= 0.6 is 11.3 Å². The number of aromatic nitrogens is 1. The summed E-state index contributed by atoms with van der Waals surface area (Å²) < 4.78 is 11.5. The summed E-state index contributed by atoms with van der Waals surface area (Å²) in [5.41, 5.74) is -0.609. The topological polar surface area (TPSA) is 150 Å². The van der Waals surface area contributed by atoms with E-state index in [1.807, 2.05) is 46.4 Å². The molecule has 0 aliphatic carbocycles. The second-order valence-corrected chi connectivity index (χ2v) is 15.7. The molecule has 12 nitrogen and oxygen atoms in total. The molecule has 0 radical (unpaired) electrons. The number of hydrogen-bond donors (Lipinski definition) is 3. The second kappa shape index (κ2) is 21.6. The van der Waals surface area contributed by atoms with Crippen LogP contribution in [0.2, 0.25) is 0 Å². The molecule has 286 valence electrons. The number of ether oxygens (including phenoxy) is 2. The number of rotatable bonds is 21. The highest BCUT2D eigenvalue weighted by Crippen LogP contribution is 2.32. The zero-order valence-corrected chi connectivity index (χ0v) is 32.9. The summed E-state index contributed by atoms with van der Waals surface area (Å²) >= 11 is 1.26. The quantitative estimate of drug-likeness (QED) is 0.119. The zero-order chi connectivity index (χ0) is 37.4. The Kier molecular flexibility index (Phi) is 18.7. The lowest BCUT2D eigenvalue weighted by Gasteiger charge is -2.40. The van der Waals surface area contributed by atoms with E-state index < -0.39 is 35.9 Å². The van der Waals surface area contributed by atoms with E-state index in [0.717, 1.165) is 45.1 Å². The van der Waals surface area contributed by atoms with Gasteiger partial charge in [-0.2, -0.15) is 0 Å². The Morgan fingerprint density at radius 3 is 2.40 bits per heavy atom. The molecule has 5 atom stereocenters. The number of nitrogens with zero attached hydrogens (tertiary/aromatic N) is 3. The lowest BCUT2D eigenvalue weighted by atomic mass is 9.91. The van der Waals surface area contributed by atoms with Crippen LogP contribution in [0.1, 0.15) is 142 Å². The number of likely N-dealkylation sites (tertiary alicyclic amines) is 1. The average Bonchev–Trinajstić information content (AvgIpc) is 3.55. The number of thiazole rings is 1. The monoisotopic (exact) mass is 723 g/mol. The number of carboxylic acid groups (broad SMARTS) is 1. The Balaban J connectivity index is 2.34. The molecule has 2 rings (SSSR count). The van der Waals surface area contributed by atoms with Gasteiger partial charge >= 0.3 is 12.1 Å². The zero-order valence-electron chi connectivity index (χ0n) is 32.1. The van der Waals surface area contributed by atoms with Crippen molar-refractivity contribution < 1.29 is 33.8 Å². The maximum atomic E-state index is 14.8. The first-order chi connectivity index (χ1) is 23.6. The lowest BCUT2D eigenvalue weighted by molar-refractivity contribution is -0.143. The fourth-order valence-corrected chi connectivity index (χ4v) is 7.24. The van der Waals surface area contributed by atoms with Crippen molar-refractivity contribution in [3.63, 3.8) is 0 Å². The van der Waals surface area contributed by atoms with E-state index in [0.29, 0.717) is 50.5 Å². The molecule has 50 heavy (non-hydrogen) atoms. The van der Waals surface area contributed by atoms with Gasteiger partial charge in [-0.15, -0.1) is 11.3 Å². The fourth-order valence-electron chi connectivity index (χ4n) is 6.38. The third-order valence-electron chi connectivity index (χ3n) is 9.31. The molecular weight excluding hydrogens is 659 g/mol. The van der Waals surface area contributed by atoms with Crippen LogP contribution in [0.5, 0.6) is 0 Å². The van der Waals surface area contributed by atoms with Crippen molar-refractivity contribution in [2.45, 2.75) is 150 Å². The van der Waals surface area contributed by atoms with Gasteiger partial charge in [-0.05, 0) is 65.3 Å². The minimum atomic E-state index is -1.08. The van der Waals surface area contributed by atoms with Crippen molar-refractivity contribution in [3.8, 4) is 0 Å². The van der Waals surface area contributed by atoms with Crippen LogP contribution in [-0.4, -0.2) is 100 Å². The Morgan fingerprint density at radius 2 is 1.82 bits per heavy atom. The Bertz CT molecular complexity index is 1200. The van der Waals surface area contributed by atoms with Crippen LogP contribution < -0.4 is 10.6 Å². The number of unbranched alkanes of at least 4 members (excludes halogenated alkanes) is 3. The molecular formula is C37H65N5O7S. The molecule has 1 fully saturated rings. The molecule has 13 heteroatoms. The molecule has 0 spiro atoms. The number of nitrogens with one attached hydrogen (secondary N) is 2. The minimum absolute atomic E-state index is 0.0137. The van der Waals surface area contributed by atoms with Gasteiger partial charge < -0.3 is 30.1 Å². The first kappa shape index (κ1) is 43.4. The SMILES string of the molecule is CCCCCCN(C(=O)[C@@H](NC(=O)[C@H]1CCCCN1CCNC(=O)OC(C)(C)C)[C@@H](C)CC)[C@H](C[C@@H](OCC)c1nc(C(=O)O)cs1)C(C)C. The van der Waals surface area contributed by atoms with Gasteiger partial charge in [0.1, 0.15) is 22.8 Å². The van der Waals surface area contributed by atoms with Gasteiger partial charge in [-0.1, -0.05) is 66.7 Å². The molecule has 1 saturated heterocycles. The third kappa shape index (κ3) is 14.1. The average molecular weight is 724 g/mol. The Morgan fingerprint density at radius 1 is 1.10 bits per heavy atom. The van der Waals surface area contributed by atoms with E-state index in [9.17, 15) is 24.3 Å². The first-order valence-corrected chi connectivity index (χ1v) is 19.6. The molecule has 0 saturated carbocycles. The summed E-state index contributed by atoms with van der Waals surface area (Å²) in [4.78, 5) is 61.1. The van der Waals surface area contributed by atoms with Crippen LogP contribution in [0.4, 0.5) is 4.79 Å². The van der Waals surface area contributed by atoms with Crippen molar-refractivity contribution in [1.29, 1.82) is 0 Å². The van der Waals surface area contributed by atoms with E-state index in [-0.39, 0.29) is 35.4 Å². The number of aromatic carboxylic acids is 1. The van der Waals surface area contributed by atoms with Gasteiger partial charge in [0, 0.05) is 44.1 Å². The van der Waals surface area contributed by atoms with Crippen LogP contribution in [0.3, 0.4) is 0 Å². The van der Waals surface area contributed by atoms with Crippen molar-refractivity contribution in [3.05, 3.63) is 16.1 Å². The van der Waals surface area contributed by atoms with Crippen molar-refractivity contribution in [1.82, 2.24) is 25.4 Å². The van der Waals surface area contributed by atoms with Crippen molar-refractivity contribution in [2.75, 3.05) is 32.8 Å². The van der Waals surface area contributed by atoms with Gasteiger partial charge in [-0.3, -0.25) is 14.5 Å². The number of carboxylic acids is 1. The summed E-state index contributed by atoms with van der Waals surface area (Å²) in [6.07, 6.45) is 6.72. The number of amides is 3. The minimum Gasteiger partial charge on any atom is -0.476 e. The highest BCUT2D eigenvalue weighted by molar-refractivity contribution is 7.09. The lowest BCUT2D eigenvalue weighted by Crippen LogP contribution is -2.59. The molecule has 1 aliphatic heterocycles. The van der Waals surface area contributed by atoms with Crippen LogP contribution in [0.25, 0.3) is 0 Å². The number of carbonyl (C=O) groups excluding carboxylic acids is 3. The number of hydrogen-bond acceptors (Lipinski definition) is 9. The largest absolute Gasteiger partial charge is 0.476 e. The van der Waals surface area contributed by atoms with E-state index in [1.165, 1.54) is 16.7 Å². The van der Waals surface area contributed by atoms with Crippen molar-refractivity contribution >= 4 is 35.2 Å². The molecule has 3 amide bonds. The Hall–Kier alpha value is -2.77. The summed E-state index contributed by atoms with van der Waals surface area (Å²) in [5.74, 6) is -1.39. The normalized spacial score (nSPS) is 17.8. The highest BCUT2D eigenvalue weighted by Gasteiger charge is 2.38. The van der Waals surface area contributed by atoms with Gasteiger partial charge in [-0.25, -0.2) is 14.6 Å². The predicted octanol–water partition coefficient (Wildman–Crippen LogP) is 6.65. The third-order valence-corrected chi connectivity index (χ3v) is 10.2. The summed E-state index contributed by atoms with van der Waals surface area (Å²) in [6, 6.07) is -1.35. The molecule has 3 N–H and O–H groups in total. The predicted molar refractivity (Wildman–Crippen MR) is 197 cm³/mol. The van der Waals surface area contributed by atoms with Crippen LogP contribution in [-0.2, 0) is 19.1 Å². The summed E-state index contributed by atoms with van der Waals surface area (Å²) in [7, 11) is 0. The van der Waals surface area contributed by atoms with Gasteiger partial charge in [0.2, 0.25) is 11.8 Å². The molecule has 1 aliphatic rings. The van der Waals surface area contributed by atoms with E-state index in [1.54, 1.807) is 0 Å². The van der Waals surface area contributed by atoms with E-state index >= 15 is 0 Å². The number of piperidine rings is 1. The Labute approximate surface area is 304 Å². The van der Waals surface area contributed by atoms with Crippen LogP contribution in [0.15, 0.2) is 5.38 Å². The maximum absolute atomic E-state index is 14.8. The fraction of sp³-hybridized carbons (Fsp3) is 0.811. The first-order valence-electron chi connectivity index (χ1n) is 18.7. The smallest absolute Gasteiger partial charge is 0.407 e. The number of carbonyl (C=O) groups is 4. The maximum Gasteiger partial charge on any atom is 0.407 e. The molecule has 2 heterocycles. The van der Waals surface area contributed by atoms with Crippen molar-refractivity contribution in [2.24, 2.45) is 11.8 Å². The molecule has 1 aromatic heterocycles. The van der Waals surface area contributed by atoms with Gasteiger partial charge in [0.05, 0.1) is 6.04 Å². The molecule has 1 aromatic rings.